The van der Waals surface area contributed by atoms with Crippen molar-refractivity contribution < 1.29 is 8.51 Å². The summed E-state index contributed by atoms with van der Waals surface area (Å²) in [5.74, 6) is 0.616. The number of fused-ring (bicyclic) bond motifs is 7. The zero-order chi connectivity index (χ0) is 15.8. The van der Waals surface area contributed by atoms with Gasteiger partial charge in [-0.05, 0) is 18.2 Å². The van der Waals surface area contributed by atoms with Crippen LogP contribution < -0.4 is 4.40 Å². The van der Waals surface area contributed by atoms with Gasteiger partial charge in [0, 0.05) is 30.5 Å². The Morgan fingerprint density at radius 2 is 2.35 bits per heavy atom. The number of hydrogen-bond acceptors (Lipinski definition) is 2. The Labute approximate surface area is 119 Å². The largest absolute Gasteiger partial charge is 0.329 e. The summed E-state index contributed by atoms with van der Waals surface area (Å²) in [5, 5.41) is 0. The molecule has 5 heteroatoms. The van der Waals surface area contributed by atoms with Crippen LogP contribution in [-0.4, -0.2) is 19.1 Å². The van der Waals surface area contributed by atoms with E-state index in [9.17, 15) is 0 Å². The predicted octanol–water partition coefficient (Wildman–Crippen LogP) is 1.54. The van der Waals surface area contributed by atoms with E-state index in [-0.39, 0.29) is 0 Å². The third-order valence-corrected chi connectivity index (χ3v) is 3.94. The molecule has 5 rings (SSSR count). The molecule has 0 aliphatic carbocycles. The van der Waals surface area contributed by atoms with Crippen molar-refractivity contribution in [1.29, 1.82) is 0 Å². The summed E-state index contributed by atoms with van der Waals surface area (Å²) in [7, 11) is 0. The van der Waals surface area contributed by atoms with Gasteiger partial charge in [-0.3, -0.25) is 4.98 Å². The molecule has 20 heavy (non-hydrogen) atoms. The van der Waals surface area contributed by atoms with Crippen LogP contribution in [0, 0.1) is 0 Å². The lowest BCUT2D eigenvalue weighted by Crippen LogP contribution is -2.19. The molecule has 0 radical (unpaired) electrons. The molecule has 0 amide bonds. The molecule has 0 fully saturated rings. The highest BCUT2D eigenvalue weighted by atomic mass is 15.3. The summed E-state index contributed by atoms with van der Waals surface area (Å²) < 4.78 is 29.1. The minimum atomic E-state index is -2.28. The first kappa shape index (κ1) is 7.79. The molecule has 0 saturated heterocycles. The SMILES string of the molecule is [2H]C([2H])([2H])n1c2cccnc2[n+]2cc3n(c12)Cc1cnccc1-3. The molecule has 0 bridgehead atoms. The molecule has 0 aromatic carbocycles. The lowest BCUT2D eigenvalue weighted by atomic mass is 10.1. The number of pyridine rings is 2. The van der Waals surface area contributed by atoms with Crippen LogP contribution in [0.3, 0.4) is 0 Å². The van der Waals surface area contributed by atoms with Crippen molar-refractivity contribution in [3.63, 3.8) is 0 Å². The Morgan fingerprint density at radius 1 is 1.35 bits per heavy atom. The highest BCUT2D eigenvalue weighted by Gasteiger charge is 2.29. The van der Waals surface area contributed by atoms with Gasteiger partial charge in [0.15, 0.2) is 5.52 Å². The van der Waals surface area contributed by atoms with E-state index in [2.05, 4.69) is 9.97 Å². The topological polar surface area (TPSA) is 39.7 Å². The zero-order valence-electron chi connectivity index (χ0n) is 13.5. The smallest absolute Gasteiger partial charge is 0.264 e. The number of nitrogens with zero attached hydrogens (tertiary/aromatic N) is 5. The van der Waals surface area contributed by atoms with E-state index in [1.54, 1.807) is 24.5 Å². The van der Waals surface area contributed by atoms with Gasteiger partial charge >= 0.3 is 5.78 Å². The lowest BCUT2D eigenvalue weighted by molar-refractivity contribution is -0.482. The molecule has 5 heterocycles. The third kappa shape index (κ3) is 1.02. The number of hydrogen-bond donors (Lipinski definition) is 0. The maximum Gasteiger partial charge on any atom is 0.329 e. The average molecular weight is 265 g/mol. The molecule has 0 saturated carbocycles. The zero-order valence-corrected chi connectivity index (χ0v) is 10.5. The Kier molecular flexibility index (Phi) is 1.27. The van der Waals surface area contributed by atoms with Crippen molar-refractivity contribution in [1.82, 2.24) is 19.1 Å². The first-order valence-electron chi connectivity index (χ1n) is 7.90. The fourth-order valence-electron chi connectivity index (χ4n) is 3.07. The number of rotatable bonds is 0. The quantitative estimate of drug-likeness (QED) is 0.398. The molecule has 4 aromatic rings. The summed E-state index contributed by atoms with van der Waals surface area (Å²) >= 11 is 0. The predicted molar refractivity (Wildman–Crippen MR) is 74.2 cm³/mol. The molecule has 0 unspecified atom stereocenters. The second-order valence-corrected chi connectivity index (χ2v) is 4.98. The van der Waals surface area contributed by atoms with Crippen molar-refractivity contribution in [3.05, 3.63) is 48.5 Å². The first-order chi connectivity index (χ1) is 11.1. The van der Waals surface area contributed by atoms with Crippen molar-refractivity contribution in [2.75, 3.05) is 0 Å². The maximum atomic E-state index is 7.95. The van der Waals surface area contributed by atoms with Crippen LogP contribution in [-0.2, 0) is 13.5 Å². The fraction of sp³-hybridized carbons (Fsp3) is 0.133. The van der Waals surface area contributed by atoms with Gasteiger partial charge in [-0.15, -0.1) is 4.98 Å². The van der Waals surface area contributed by atoms with Crippen LogP contribution in [0.1, 0.15) is 9.68 Å². The summed E-state index contributed by atoms with van der Waals surface area (Å²) in [6, 6.07) is 5.51. The van der Waals surface area contributed by atoms with Crippen LogP contribution in [0.5, 0.6) is 0 Å². The number of aromatic nitrogens is 5. The summed E-state index contributed by atoms with van der Waals surface area (Å²) in [4.78, 5) is 8.54. The Hall–Kier alpha value is -2.69. The van der Waals surface area contributed by atoms with Gasteiger partial charge in [0.05, 0.1) is 23.1 Å². The minimum absolute atomic E-state index is 0.604. The van der Waals surface area contributed by atoms with Gasteiger partial charge in [-0.25, -0.2) is 9.13 Å². The van der Waals surface area contributed by atoms with Crippen LogP contribution in [0.25, 0.3) is 28.2 Å². The van der Waals surface area contributed by atoms with Crippen LogP contribution in [0.4, 0.5) is 0 Å². The second-order valence-electron chi connectivity index (χ2n) is 4.98. The van der Waals surface area contributed by atoms with Crippen molar-refractivity contribution in [2.24, 2.45) is 6.98 Å². The molecule has 1 aliphatic rings. The van der Waals surface area contributed by atoms with Gasteiger partial charge in [0.25, 0.3) is 5.65 Å². The molecule has 1 aliphatic heterocycles. The van der Waals surface area contributed by atoms with E-state index in [0.717, 1.165) is 16.8 Å². The van der Waals surface area contributed by atoms with Gasteiger partial charge in [-0.1, -0.05) is 0 Å². The Balaban J connectivity index is 1.97. The van der Waals surface area contributed by atoms with Crippen molar-refractivity contribution >= 4 is 16.9 Å². The van der Waals surface area contributed by atoms with Gasteiger partial charge in [0.1, 0.15) is 5.69 Å². The van der Waals surface area contributed by atoms with E-state index in [0.29, 0.717) is 23.5 Å². The van der Waals surface area contributed by atoms with Crippen LogP contribution in [0.2, 0.25) is 0 Å². The van der Waals surface area contributed by atoms with Crippen molar-refractivity contribution in [3.8, 4) is 11.3 Å². The molecule has 96 valence electrons. The van der Waals surface area contributed by atoms with Crippen LogP contribution in [0.15, 0.2) is 43.0 Å². The van der Waals surface area contributed by atoms with Gasteiger partial charge in [-0.2, -0.15) is 4.40 Å². The number of aryl methyl sites for hydroxylation is 1. The van der Waals surface area contributed by atoms with Crippen LogP contribution >= 0.6 is 0 Å². The molecule has 4 aromatic heterocycles. The van der Waals surface area contributed by atoms with Crippen molar-refractivity contribution in [2.45, 2.75) is 6.54 Å². The third-order valence-electron chi connectivity index (χ3n) is 3.94. The highest BCUT2D eigenvalue weighted by molar-refractivity contribution is 5.74. The standard InChI is InChI=1S/C15H12N5/c1-18-12-3-2-5-17-14(12)20-9-13-11-4-6-16-7-10(11)8-19(13)15(18)20/h2-7,9H,8H2,1H3/q+1/i1D3. The number of imidazole rings is 2. The lowest BCUT2D eigenvalue weighted by Gasteiger charge is -1.94. The highest BCUT2D eigenvalue weighted by Crippen LogP contribution is 2.32. The molecule has 0 atom stereocenters. The van der Waals surface area contributed by atoms with E-state index < -0.39 is 6.98 Å². The average Bonchev–Trinajstić information content (AvgIpc) is 3.13. The molecule has 0 spiro atoms. The summed E-state index contributed by atoms with van der Waals surface area (Å²) in [5.41, 5.74) is 4.43. The van der Waals surface area contributed by atoms with E-state index in [1.165, 1.54) is 4.57 Å². The van der Waals surface area contributed by atoms with E-state index in [4.69, 9.17) is 4.11 Å². The van der Waals surface area contributed by atoms with E-state index >= 15 is 0 Å². The Bertz CT molecular complexity index is 1090. The normalized spacial score (nSPS) is 15.9. The fourth-order valence-corrected chi connectivity index (χ4v) is 3.07. The molecule has 5 nitrogen and oxygen atoms in total. The molecular formula is C15H12N5+. The van der Waals surface area contributed by atoms with E-state index in [1.807, 2.05) is 27.4 Å². The van der Waals surface area contributed by atoms with Gasteiger partial charge in [0.2, 0.25) is 0 Å². The molecule has 0 N–H and O–H groups in total. The first-order valence-corrected chi connectivity index (χ1v) is 6.40. The second kappa shape index (κ2) is 3.25. The maximum absolute atomic E-state index is 7.95. The molecular weight excluding hydrogens is 250 g/mol. The minimum Gasteiger partial charge on any atom is -0.264 e. The monoisotopic (exact) mass is 265 g/mol. The summed E-state index contributed by atoms with van der Waals surface area (Å²) in [6.07, 6.45) is 7.22. The summed E-state index contributed by atoms with van der Waals surface area (Å²) in [6.45, 7) is -1.67. The Morgan fingerprint density at radius 3 is 3.30 bits per heavy atom. The van der Waals surface area contributed by atoms with Gasteiger partial charge < -0.3 is 0 Å².